The Morgan fingerprint density at radius 2 is 2.09 bits per heavy atom. The van der Waals surface area contributed by atoms with Crippen molar-refractivity contribution in [2.45, 2.75) is 37.1 Å². The van der Waals surface area contributed by atoms with Gasteiger partial charge >= 0.3 is 6.36 Å². The van der Waals surface area contributed by atoms with Crippen LogP contribution in [-0.2, 0) is 10.0 Å². The lowest BCUT2D eigenvalue weighted by molar-refractivity contribution is -0.274. The molecule has 130 valence electrons. The van der Waals surface area contributed by atoms with Gasteiger partial charge in [0.1, 0.15) is 5.75 Å². The van der Waals surface area contributed by atoms with E-state index in [0.717, 1.165) is 18.6 Å². The van der Waals surface area contributed by atoms with Crippen LogP contribution in [-0.4, -0.2) is 38.2 Å². The Labute approximate surface area is 133 Å². The summed E-state index contributed by atoms with van der Waals surface area (Å²) in [5.74, 6) is -0.521. The summed E-state index contributed by atoms with van der Waals surface area (Å²) >= 11 is 0. The fourth-order valence-corrected chi connectivity index (χ4v) is 4.17. The predicted octanol–water partition coefficient (Wildman–Crippen LogP) is 2.33. The summed E-state index contributed by atoms with van der Waals surface area (Å²) in [6.07, 6.45) is -3.36. The summed E-state index contributed by atoms with van der Waals surface area (Å²) in [7, 11) is -3.88. The monoisotopic (exact) mass is 352 g/mol. The van der Waals surface area contributed by atoms with Crippen LogP contribution >= 0.6 is 0 Å². The third-order valence-corrected chi connectivity index (χ3v) is 5.70. The average Bonchev–Trinajstić information content (AvgIpc) is 2.46. The Morgan fingerprint density at radius 1 is 1.39 bits per heavy atom. The summed E-state index contributed by atoms with van der Waals surface area (Å²) in [5.41, 5.74) is 5.84. The lowest BCUT2D eigenvalue weighted by Crippen LogP contribution is -2.44. The van der Waals surface area contributed by atoms with Crippen LogP contribution in [0.3, 0.4) is 0 Å². The standard InChI is InChI=1S/C14H19F3N2O3S/c1-10(18)11-4-3-7-19(9-11)23(20,21)13-6-2-5-12(8-13)22-14(15,16)17/h2,5-6,8,10-11H,3-4,7,9,18H2,1H3. The van der Waals surface area contributed by atoms with Gasteiger partial charge in [-0.25, -0.2) is 8.42 Å². The molecule has 0 saturated carbocycles. The number of alkyl halides is 3. The molecule has 23 heavy (non-hydrogen) atoms. The number of nitrogens with zero attached hydrogens (tertiary/aromatic N) is 1. The second-order valence-corrected chi connectivity index (χ2v) is 7.59. The smallest absolute Gasteiger partial charge is 0.406 e. The molecule has 0 amide bonds. The number of sulfonamides is 1. The molecule has 2 atom stereocenters. The highest BCUT2D eigenvalue weighted by atomic mass is 32.2. The number of nitrogens with two attached hydrogens (primary N) is 1. The first-order valence-electron chi connectivity index (χ1n) is 7.21. The molecule has 1 saturated heterocycles. The fraction of sp³-hybridized carbons (Fsp3) is 0.571. The zero-order valence-corrected chi connectivity index (χ0v) is 13.4. The number of rotatable bonds is 4. The minimum Gasteiger partial charge on any atom is -0.406 e. The van der Waals surface area contributed by atoms with Gasteiger partial charge in [-0.15, -0.1) is 13.2 Å². The van der Waals surface area contributed by atoms with Gasteiger partial charge in [-0.3, -0.25) is 0 Å². The van der Waals surface area contributed by atoms with Crippen molar-refractivity contribution < 1.29 is 26.3 Å². The maximum atomic E-state index is 12.6. The zero-order chi connectivity index (χ0) is 17.3. The quantitative estimate of drug-likeness (QED) is 0.903. The summed E-state index contributed by atoms with van der Waals surface area (Å²) in [6, 6.07) is 4.29. The van der Waals surface area contributed by atoms with Gasteiger partial charge in [0.05, 0.1) is 4.90 Å². The molecular weight excluding hydrogens is 333 g/mol. The molecule has 1 aliphatic rings. The van der Waals surface area contributed by atoms with E-state index in [2.05, 4.69) is 4.74 Å². The van der Waals surface area contributed by atoms with Crippen molar-refractivity contribution in [3.8, 4) is 5.75 Å². The van der Waals surface area contributed by atoms with E-state index in [4.69, 9.17) is 5.73 Å². The molecule has 1 aromatic rings. The molecule has 9 heteroatoms. The Kier molecular flexibility index (Phi) is 5.22. The first-order chi connectivity index (χ1) is 10.6. The molecule has 0 aromatic heterocycles. The van der Waals surface area contributed by atoms with Crippen molar-refractivity contribution in [1.29, 1.82) is 0 Å². The van der Waals surface area contributed by atoms with E-state index in [9.17, 15) is 21.6 Å². The molecule has 2 unspecified atom stereocenters. The average molecular weight is 352 g/mol. The molecule has 1 heterocycles. The van der Waals surface area contributed by atoms with Gasteiger partial charge in [-0.1, -0.05) is 6.07 Å². The Balaban J connectivity index is 2.24. The van der Waals surface area contributed by atoms with Crippen molar-refractivity contribution in [2.75, 3.05) is 13.1 Å². The SMILES string of the molecule is CC(N)C1CCCN(S(=O)(=O)c2cccc(OC(F)(F)F)c2)C1. The van der Waals surface area contributed by atoms with Crippen LogP contribution in [0.2, 0.25) is 0 Å². The summed E-state index contributed by atoms with van der Waals surface area (Å²) in [4.78, 5) is -0.218. The second-order valence-electron chi connectivity index (χ2n) is 5.65. The molecule has 2 N–H and O–H groups in total. The number of halogens is 3. The number of ether oxygens (including phenoxy) is 1. The molecule has 1 aliphatic heterocycles. The van der Waals surface area contributed by atoms with E-state index >= 15 is 0 Å². The van der Waals surface area contributed by atoms with E-state index in [1.807, 2.05) is 6.92 Å². The van der Waals surface area contributed by atoms with Crippen LogP contribution in [0.25, 0.3) is 0 Å². The fourth-order valence-electron chi connectivity index (χ4n) is 2.60. The Bertz CT molecular complexity index is 647. The van der Waals surface area contributed by atoms with Crippen molar-refractivity contribution >= 4 is 10.0 Å². The van der Waals surface area contributed by atoms with Gasteiger partial charge in [0.15, 0.2) is 0 Å². The van der Waals surface area contributed by atoms with Crippen molar-refractivity contribution in [2.24, 2.45) is 11.7 Å². The Hall–Kier alpha value is -1.32. The minimum absolute atomic E-state index is 0.0353. The predicted molar refractivity (Wildman–Crippen MR) is 78.3 cm³/mol. The third kappa shape index (κ3) is 4.58. The van der Waals surface area contributed by atoms with E-state index in [-0.39, 0.29) is 23.4 Å². The summed E-state index contributed by atoms with van der Waals surface area (Å²) in [6.45, 7) is 2.42. The Morgan fingerprint density at radius 3 is 2.70 bits per heavy atom. The highest BCUT2D eigenvalue weighted by Gasteiger charge is 2.34. The second kappa shape index (κ2) is 6.66. The summed E-state index contributed by atoms with van der Waals surface area (Å²) < 4.78 is 67.1. The maximum absolute atomic E-state index is 12.6. The number of hydrogen-bond acceptors (Lipinski definition) is 4. The van der Waals surface area contributed by atoms with E-state index in [1.54, 1.807) is 0 Å². The van der Waals surface area contributed by atoms with Gasteiger partial charge < -0.3 is 10.5 Å². The van der Waals surface area contributed by atoms with E-state index in [1.165, 1.54) is 16.4 Å². The van der Waals surface area contributed by atoms with Crippen LogP contribution < -0.4 is 10.5 Å². The van der Waals surface area contributed by atoms with Crippen LogP contribution in [0.4, 0.5) is 13.2 Å². The molecule has 1 fully saturated rings. The van der Waals surface area contributed by atoms with Gasteiger partial charge in [0.25, 0.3) is 0 Å². The normalized spacial score (nSPS) is 21.9. The lowest BCUT2D eigenvalue weighted by Gasteiger charge is -2.33. The highest BCUT2D eigenvalue weighted by Crippen LogP contribution is 2.29. The van der Waals surface area contributed by atoms with Crippen LogP contribution in [0.1, 0.15) is 19.8 Å². The molecule has 5 nitrogen and oxygen atoms in total. The van der Waals surface area contributed by atoms with Gasteiger partial charge in [-0.2, -0.15) is 4.31 Å². The number of piperidine rings is 1. The topological polar surface area (TPSA) is 72.6 Å². The van der Waals surface area contributed by atoms with Crippen LogP contribution in [0.5, 0.6) is 5.75 Å². The number of hydrogen-bond donors (Lipinski definition) is 1. The van der Waals surface area contributed by atoms with Gasteiger partial charge in [0.2, 0.25) is 10.0 Å². The largest absolute Gasteiger partial charge is 0.573 e. The summed E-state index contributed by atoms with van der Waals surface area (Å²) in [5, 5.41) is 0. The molecule has 0 aliphatic carbocycles. The zero-order valence-electron chi connectivity index (χ0n) is 12.6. The lowest BCUT2D eigenvalue weighted by atomic mass is 9.93. The van der Waals surface area contributed by atoms with E-state index < -0.39 is 22.1 Å². The van der Waals surface area contributed by atoms with Gasteiger partial charge in [-0.05, 0) is 37.8 Å². The third-order valence-electron chi connectivity index (χ3n) is 3.84. The minimum atomic E-state index is -4.87. The first-order valence-corrected chi connectivity index (χ1v) is 8.65. The van der Waals surface area contributed by atoms with Crippen molar-refractivity contribution in [3.05, 3.63) is 24.3 Å². The number of benzene rings is 1. The van der Waals surface area contributed by atoms with Crippen molar-refractivity contribution in [1.82, 2.24) is 4.31 Å². The first kappa shape index (κ1) is 18.0. The highest BCUT2D eigenvalue weighted by molar-refractivity contribution is 7.89. The molecule has 0 spiro atoms. The van der Waals surface area contributed by atoms with E-state index in [0.29, 0.717) is 13.0 Å². The van der Waals surface area contributed by atoms with Crippen LogP contribution in [0, 0.1) is 5.92 Å². The van der Waals surface area contributed by atoms with Crippen molar-refractivity contribution in [3.63, 3.8) is 0 Å². The molecule has 2 rings (SSSR count). The van der Waals surface area contributed by atoms with Gasteiger partial charge in [0, 0.05) is 25.2 Å². The molecule has 0 radical (unpaired) electrons. The molecule has 0 bridgehead atoms. The van der Waals surface area contributed by atoms with Crippen LogP contribution in [0.15, 0.2) is 29.2 Å². The molecule has 1 aromatic carbocycles. The maximum Gasteiger partial charge on any atom is 0.573 e. The molecular formula is C14H19F3N2O3S.